The average molecular weight is 434 g/mol. The molecule has 0 amide bonds. The summed E-state index contributed by atoms with van der Waals surface area (Å²) in [5, 5.41) is 0. The van der Waals surface area contributed by atoms with Crippen LogP contribution in [0, 0.1) is 0 Å². The maximum absolute atomic E-state index is 13.3. The van der Waals surface area contributed by atoms with Crippen molar-refractivity contribution in [1.29, 1.82) is 0 Å². The summed E-state index contributed by atoms with van der Waals surface area (Å²) < 4.78 is 22.0. The molecule has 0 aromatic heterocycles. The van der Waals surface area contributed by atoms with Gasteiger partial charge in [0.25, 0.3) is 0 Å². The zero-order valence-corrected chi connectivity index (χ0v) is 17.2. The first kappa shape index (κ1) is 19.2. The number of methoxy groups -OCH3 is 4. The van der Waals surface area contributed by atoms with Gasteiger partial charge in [-0.3, -0.25) is 9.79 Å². The van der Waals surface area contributed by atoms with Crippen LogP contribution >= 0.6 is 15.9 Å². The average Bonchev–Trinajstić information content (AvgIpc) is 2.71. The summed E-state index contributed by atoms with van der Waals surface area (Å²) in [6.45, 7) is 0.536. The SMILES string of the molecule is COc1cc2c(cc1OC)C(C(=O)c1ccc(OC)c(OC)c1Br)=NCC2. The van der Waals surface area contributed by atoms with Crippen molar-refractivity contribution < 1.29 is 23.7 Å². The number of nitrogens with zero attached hydrogens (tertiary/aromatic N) is 1. The Kier molecular flexibility index (Phi) is 5.70. The summed E-state index contributed by atoms with van der Waals surface area (Å²) in [6, 6.07) is 7.11. The Hall–Kier alpha value is -2.54. The van der Waals surface area contributed by atoms with Crippen molar-refractivity contribution >= 4 is 27.4 Å². The van der Waals surface area contributed by atoms with Crippen molar-refractivity contribution in [3.05, 3.63) is 45.4 Å². The van der Waals surface area contributed by atoms with Gasteiger partial charge in [0.2, 0.25) is 5.78 Å². The van der Waals surface area contributed by atoms with E-state index in [-0.39, 0.29) is 5.78 Å². The number of hydrogen-bond acceptors (Lipinski definition) is 6. The van der Waals surface area contributed by atoms with E-state index < -0.39 is 0 Å². The van der Waals surface area contributed by atoms with E-state index in [0.717, 1.165) is 17.5 Å². The molecule has 2 aromatic carbocycles. The van der Waals surface area contributed by atoms with Gasteiger partial charge in [0.05, 0.1) is 32.9 Å². The van der Waals surface area contributed by atoms with Gasteiger partial charge in [-0.1, -0.05) is 0 Å². The predicted molar refractivity (Wildman–Crippen MR) is 106 cm³/mol. The molecule has 2 aromatic rings. The molecule has 7 heteroatoms. The highest BCUT2D eigenvalue weighted by molar-refractivity contribution is 9.10. The summed E-state index contributed by atoms with van der Waals surface area (Å²) in [4.78, 5) is 17.8. The molecule has 1 heterocycles. The number of carbonyl (C=O) groups is 1. The second kappa shape index (κ2) is 8.00. The molecule has 3 rings (SSSR count). The lowest BCUT2D eigenvalue weighted by Crippen LogP contribution is -2.23. The molecule has 0 saturated carbocycles. The molecular formula is C20H20BrNO5. The minimum atomic E-state index is -0.198. The molecule has 0 radical (unpaired) electrons. The fourth-order valence-corrected chi connectivity index (χ4v) is 3.78. The number of fused-ring (bicyclic) bond motifs is 1. The molecule has 142 valence electrons. The van der Waals surface area contributed by atoms with Crippen LogP contribution in [0.15, 0.2) is 33.7 Å². The minimum Gasteiger partial charge on any atom is -0.493 e. The number of aliphatic imine (C=N–C) groups is 1. The second-order valence-electron chi connectivity index (χ2n) is 5.84. The Morgan fingerprint density at radius 3 is 2.26 bits per heavy atom. The van der Waals surface area contributed by atoms with Crippen molar-refractivity contribution in [3.8, 4) is 23.0 Å². The van der Waals surface area contributed by atoms with Gasteiger partial charge in [-0.25, -0.2) is 0 Å². The zero-order chi connectivity index (χ0) is 19.6. The quantitative estimate of drug-likeness (QED) is 0.649. The maximum atomic E-state index is 13.3. The first-order chi connectivity index (χ1) is 13.0. The number of hydrogen-bond donors (Lipinski definition) is 0. The first-order valence-corrected chi connectivity index (χ1v) is 9.09. The van der Waals surface area contributed by atoms with Crippen LogP contribution in [0.5, 0.6) is 23.0 Å². The molecule has 6 nitrogen and oxygen atoms in total. The van der Waals surface area contributed by atoms with E-state index in [1.54, 1.807) is 39.5 Å². The number of Topliss-reactive ketones (excluding diaryl/α,β-unsaturated/α-hetero) is 1. The molecular weight excluding hydrogens is 414 g/mol. The normalized spacial score (nSPS) is 12.7. The number of benzene rings is 2. The van der Waals surface area contributed by atoms with Gasteiger partial charge in [-0.15, -0.1) is 0 Å². The molecule has 0 fully saturated rings. The lowest BCUT2D eigenvalue weighted by molar-refractivity contribution is 0.106. The van der Waals surface area contributed by atoms with Crippen LogP contribution in [0.2, 0.25) is 0 Å². The number of rotatable bonds is 6. The van der Waals surface area contributed by atoms with Crippen molar-refractivity contribution in [2.45, 2.75) is 6.42 Å². The van der Waals surface area contributed by atoms with Crippen LogP contribution < -0.4 is 18.9 Å². The first-order valence-electron chi connectivity index (χ1n) is 8.30. The minimum absolute atomic E-state index is 0.198. The van der Waals surface area contributed by atoms with Crippen LogP contribution in [-0.4, -0.2) is 46.5 Å². The third-order valence-corrected chi connectivity index (χ3v) is 5.25. The Bertz CT molecular complexity index is 923. The summed E-state index contributed by atoms with van der Waals surface area (Å²) in [5.41, 5.74) is 2.60. The van der Waals surface area contributed by atoms with Gasteiger partial charge in [0.1, 0.15) is 5.71 Å². The Balaban J connectivity index is 2.09. The molecule has 0 unspecified atom stereocenters. The van der Waals surface area contributed by atoms with Gasteiger partial charge < -0.3 is 18.9 Å². The van der Waals surface area contributed by atoms with E-state index >= 15 is 0 Å². The van der Waals surface area contributed by atoms with Crippen molar-refractivity contribution in [1.82, 2.24) is 0 Å². The molecule has 0 N–H and O–H groups in total. The standard InChI is InChI=1S/C20H20BrNO5/c1-24-14-6-5-12(17(21)20(14)27-4)19(23)18-13-10-16(26-3)15(25-2)9-11(13)7-8-22-18/h5-6,9-10H,7-8H2,1-4H3. The van der Waals surface area contributed by atoms with Crippen molar-refractivity contribution in [2.24, 2.45) is 4.99 Å². The fourth-order valence-electron chi connectivity index (χ4n) is 3.11. The zero-order valence-electron chi connectivity index (χ0n) is 15.6. The molecule has 0 aliphatic carbocycles. The lowest BCUT2D eigenvalue weighted by Gasteiger charge is -2.20. The molecule has 27 heavy (non-hydrogen) atoms. The summed E-state index contributed by atoms with van der Waals surface area (Å²) in [5.74, 6) is 2.00. The van der Waals surface area contributed by atoms with Crippen LogP contribution in [0.1, 0.15) is 21.5 Å². The van der Waals surface area contributed by atoms with Gasteiger partial charge in [0, 0.05) is 17.7 Å². The monoisotopic (exact) mass is 433 g/mol. The third kappa shape index (κ3) is 3.39. The Morgan fingerprint density at radius 1 is 0.963 bits per heavy atom. The summed E-state index contributed by atoms with van der Waals surface area (Å²) in [7, 11) is 6.24. The number of carbonyl (C=O) groups excluding carboxylic acids is 1. The van der Waals surface area contributed by atoms with Crippen LogP contribution in [0.4, 0.5) is 0 Å². The van der Waals surface area contributed by atoms with Crippen molar-refractivity contribution in [3.63, 3.8) is 0 Å². The van der Waals surface area contributed by atoms with E-state index in [0.29, 0.717) is 45.3 Å². The largest absolute Gasteiger partial charge is 0.493 e. The molecule has 0 atom stereocenters. The summed E-state index contributed by atoms with van der Waals surface area (Å²) in [6.07, 6.45) is 0.736. The van der Waals surface area contributed by atoms with Crippen molar-refractivity contribution in [2.75, 3.05) is 35.0 Å². The molecule has 0 saturated heterocycles. The molecule has 1 aliphatic heterocycles. The smallest absolute Gasteiger partial charge is 0.212 e. The van der Waals surface area contributed by atoms with E-state index in [4.69, 9.17) is 18.9 Å². The van der Waals surface area contributed by atoms with Gasteiger partial charge in [-0.2, -0.15) is 0 Å². The number of ketones is 1. The summed E-state index contributed by atoms with van der Waals surface area (Å²) >= 11 is 3.47. The second-order valence-corrected chi connectivity index (χ2v) is 6.63. The number of ether oxygens (including phenoxy) is 4. The predicted octanol–water partition coefficient (Wildman–Crippen LogP) is 3.71. The Labute approximate surface area is 166 Å². The topological polar surface area (TPSA) is 66.4 Å². The van der Waals surface area contributed by atoms with Gasteiger partial charge in [-0.05, 0) is 52.2 Å². The fraction of sp³-hybridized carbons (Fsp3) is 0.300. The van der Waals surface area contributed by atoms with E-state index in [9.17, 15) is 4.79 Å². The molecule has 0 bridgehead atoms. The van der Waals surface area contributed by atoms with Crippen LogP contribution in [-0.2, 0) is 6.42 Å². The highest BCUT2D eigenvalue weighted by Gasteiger charge is 2.27. The van der Waals surface area contributed by atoms with Crippen LogP contribution in [0.25, 0.3) is 0 Å². The van der Waals surface area contributed by atoms with Gasteiger partial charge in [0.15, 0.2) is 23.0 Å². The van der Waals surface area contributed by atoms with E-state index in [2.05, 4.69) is 20.9 Å². The number of halogens is 1. The highest BCUT2D eigenvalue weighted by Crippen LogP contribution is 2.39. The van der Waals surface area contributed by atoms with E-state index in [1.165, 1.54) is 7.11 Å². The lowest BCUT2D eigenvalue weighted by atomic mass is 9.92. The highest BCUT2D eigenvalue weighted by atomic mass is 79.9. The molecule has 0 spiro atoms. The Morgan fingerprint density at radius 2 is 1.63 bits per heavy atom. The molecule has 1 aliphatic rings. The third-order valence-electron chi connectivity index (χ3n) is 4.46. The van der Waals surface area contributed by atoms with Crippen LogP contribution in [0.3, 0.4) is 0 Å². The maximum Gasteiger partial charge on any atom is 0.212 e. The van der Waals surface area contributed by atoms with E-state index in [1.807, 2.05) is 6.07 Å². The van der Waals surface area contributed by atoms with Gasteiger partial charge >= 0.3 is 0 Å².